The lowest BCUT2D eigenvalue weighted by Crippen LogP contribution is -2.46. The molecule has 1 aromatic carbocycles. The summed E-state index contributed by atoms with van der Waals surface area (Å²) in [6.45, 7) is 3.17. The van der Waals surface area contributed by atoms with Crippen molar-refractivity contribution in [3.8, 4) is 0 Å². The van der Waals surface area contributed by atoms with E-state index < -0.39 is 16.1 Å². The van der Waals surface area contributed by atoms with E-state index in [2.05, 4.69) is 12.2 Å². The number of hydrogen-bond acceptors (Lipinski definition) is 3. The summed E-state index contributed by atoms with van der Waals surface area (Å²) < 4.78 is 27.0. The Morgan fingerprint density at radius 1 is 1.15 bits per heavy atom. The molecule has 1 fully saturated rings. The predicted molar refractivity (Wildman–Crippen MR) is 105 cm³/mol. The van der Waals surface area contributed by atoms with Gasteiger partial charge in [0, 0.05) is 18.1 Å². The molecule has 146 valence electrons. The molecule has 0 saturated carbocycles. The van der Waals surface area contributed by atoms with Crippen molar-refractivity contribution < 1.29 is 13.2 Å². The van der Waals surface area contributed by atoms with Crippen LogP contribution >= 0.6 is 11.6 Å². The third kappa shape index (κ3) is 5.69. The Labute approximate surface area is 162 Å². The third-order valence-electron chi connectivity index (χ3n) is 4.76. The highest BCUT2D eigenvalue weighted by Gasteiger charge is 2.39. The molecule has 5 nitrogen and oxygen atoms in total. The molecule has 0 aromatic heterocycles. The van der Waals surface area contributed by atoms with Gasteiger partial charge in [-0.25, -0.2) is 8.42 Å². The first-order chi connectivity index (χ1) is 12.5. The van der Waals surface area contributed by atoms with E-state index in [-0.39, 0.29) is 10.8 Å². The topological polar surface area (TPSA) is 66.5 Å². The van der Waals surface area contributed by atoms with Gasteiger partial charge in [0.2, 0.25) is 15.9 Å². The lowest BCUT2D eigenvalue weighted by molar-refractivity contribution is -0.124. The number of amides is 1. The number of nitrogens with zero attached hydrogens (tertiary/aromatic N) is 1. The van der Waals surface area contributed by atoms with Gasteiger partial charge in [0.25, 0.3) is 0 Å². The summed E-state index contributed by atoms with van der Waals surface area (Å²) in [7, 11) is -3.68. The number of carbonyl (C=O) groups is 1. The molecular weight excluding hydrogens is 372 g/mol. The average Bonchev–Trinajstić information content (AvgIpc) is 3.12. The van der Waals surface area contributed by atoms with Crippen LogP contribution in [0.3, 0.4) is 0 Å². The Bertz CT molecular complexity index is 677. The fraction of sp³-hybridized carbons (Fsp3) is 0.632. The van der Waals surface area contributed by atoms with E-state index in [1.807, 2.05) is 0 Å². The summed E-state index contributed by atoms with van der Waals surface area (Å²) in [5.74, 6) is -0.186. The normalized spacial score (nSPS) is 18.2. The summed E-state index contributed by atoms with van der Waals surface area (Å²) in [6.07, 6.45) is 8.19. The Morgan fingerprint density at radius 3 is 2.50 bits per heavy atom. The van der Waals surface area contributed by atoms with E-state index in [9.17, 15) is 13.2 Å². The van der Waals surface area contributed by atoms with Gasteiger partial charge < -0.3 is 5.32 Å². The number of nitrogens with one attached hydrogen (secondary N) is 1. The molecule has 1 saturated heterocycles. The van der Waals surface area contributed by atoms with Crippen LogP contribution in [0.15, 0.2) is 29.2 Å². The molecule has 0 unspecified atom stereocenters. The first-order valence-corrected chi connectivity index (χ1v) is 11.3. The molecule has 1 aliphatic rings. The van der Waals surface area contributed by atoms with Crippen LogP contribution < -0.4 is 5.32 Å². The second-order valence-corrected chi connectivity index (χ2v) is 9.11. The Balaban J connectivity index is 1.88. The monoisotopic (exact) mass is 400 g/mol. The van der Waals surface area contributed by atoms with Gasteiger partial charge in [0.15, 0.2) is 0 Å². The molecule has 0 spiro atoms. The van der Waals surface area contributed by atoms with Gasteiger partial charge in [0.05, 0.1) is 4.90 Å². The summed E-state index contributed by atoms with van der Waals surface area (Å²) in [6, 6.07) is 5.47. The van der Waals surface area contributed by atoms with Crippen molar-refractivity contribution in [1.82, 2.24) is 9.62 Å². The van der Waals surface area contributed by atoms with E-state index >= 15 is 0 Å². The van der Waals surface area contributed by atoms with Crippen molar-refractivity contribution in [2.45, 2.75) is 69.2 Å². The van der Waals surface area contributed by atoms with Crippen molar-refractivity contribution in [3.63, 3.8) is 0 Å². The molecule has 7 heteroatoms. The third-order valence-corrected chi connectivity index (χ3v) is 6.93. The smallest absolute Gasteiger partial charge is 0.243 e. The van der Waals surface area contributed by atoms with Gasteiger partial charge >= 0.3 is 0 Å². The van der Waals surface area contributed by atoms with Crippen LogP contribution in [-0.2, 0) is 14.8 Å². The van der Waals surface area contributed by atoms with Crippen LogP contribution in [0.1, 0.15) is 58.3 Å². The Hall–Kier alpha value is -1.11. The molecule has 1 amide bonds. The lowest BCUT2D eigenvalue weighted by atomic mass is 10.1. The number of halogens is 1. The maximum atomic E-state index is 12.8. The van der Waals surface area contributed by atoms with E-state index in [1.165, 1.54) is 42.1 Å². The molecule has 26 heavy (non-hydrogen) atoms. The van der Waals surface area contributed by atoms with Crippen LogP contribution in [0.2, 0.25) is 5.02 Å². The minimum absolute atomic E-state index is 0.178. The van der Waals surface area contributed by atoms with Crippen LogP contribution in [0.25, 0.3) is 0 Å². The number of unbranched alkanes of at least 4 members (excludes halogenated alkanes) is 5. The zero-order chi connectivity index (χ0) is 19.0. The minimum atomic E-state index is -3.68. The van der Waals surface area contributed by atoms with Gasteiger partial charge in [-0.1, -0.05) is 50.6 Å². The van der Waals surface area contributed by atoms with E-state index in [1.54, 1.807) is 12.1 Å². The number of carbonyl (C=O) groups excluding carboxylic acids is 1. The fourth-order valence-electron chi connectivity index (χ4n) is 3.27. The molecule has 0 bridgehead atoms. The molecule has 1 heterocycles. The van der Waals surface area contributed by atoms with E-state index in [0.29, 0.717) is 31.0 Å². The van der Waals surface area contributed by atoms with Crippen LogP contribution in [-0.4, -0.2) is 37.8 Å². The maximum absolute atomic E-state index is 12.8. The Kier molecular flexibility index (Phi) is 8.38. The van der Waals surface area contributed by atoms with Crippen molar-refractivity contribution in [2.24, 2.45) is 0 Å². The first-order valence-electron chi connectivity index (χ1n) is 9.52. The number of sulfonamides is 1. The average molecular weight is 401 g/mol. The fourth-order valence-corrected chi connectivity index (χ4v) is 5.05. The zero-order valence-corrected chi connectivity index (χ0v) is 17.0. The second kappa shape index (κ2) is 10.3. The van der Waals surface area contributed by atoms with Crippen molar-refractivity contribution in [1.29, 1.82) is 0 Å². The number of rotatable bonds is 10. The molecular formula is C19H29ClN2O3S. The summed E-state index contributed by atoms with van der Waals surface area (Å²) in [5, 5.41) is 3.40. The van der Waals surface area contributed by atoms with Crippen molar-refractivity contribution >= 4 is 27.5 Å². The van der Waals surface area contributed by atoms with E-state index in [0.717, 1.165) is 12.8 Å². The quantitative estimate of drug-likeness (QED) is 0.604. The number of benzene rings is 1. The van der Waals surface area contributed by atoms with Gasteiger partial charge in [-0.3, -0.25) is 4.79 Å². The minimum Gasteiger partial charge on any atom is -0.355 e. The molecule has 2 rings (SSSR count). The molecule has 0 radical (unpaired) electrons. The molecule has 1 atom stereocenters. The summed E-state index contributed by atoms with van der Waals surface area (Å²) in [5.41, 5.74) is 0. The van der Waals surface area contributed by atoms with Crippen LogP contribution in [0.5, 0.6) is 0 Å². The molecule has 1 aliphatic heterocycles. The SMILES string of the molecule is CCCCCCCCNC(=O)[C@H]1CCCN1S(=O)(=O)c1ccc(Cl)cc1. The van der Waals surface area contributed by atoms with Crippen molar-refractivity contribution in [2.75, 3.05) is 13.1 Å². The van der Waals surface area contributed by atoms with Gasteiger partial charge in [-0.15, -0.1) is 0 Å². The molecule has 0 aliphatic carbocycles. The van der Waals surface area contributed by atoms with Gasteiger partial charge in [0.1, 0.15) is 6.04 Å². The highest BCUT2D eigenvalue weighted by molar-refractivity contribution is 7.89. The van der Waals surface area contributed by atoms with Gasteiger partial charge in [-0.2, -0.15) is 4.31 Å². The first kappa shape index (κ1) is 21.2. The maximum Gasteiger partial charge on any atom is 0.243 e. The van der Waals surface area contributed by atoms with E-state index in [4.69, 9.17) is 11.6 Å². The highest BCUT2D eigenvalue weighted by Crippen LogP contribution is 2.27. The zero-order valence-electron chi connectivity index (χ0n) is 15.4. The highest BCUT2D eigenvalue weighted by atomic mass is 35.5. The summed E-state index contributed by atoms with van der Waals surface area (Å²) in [4.78, 5) is 12.7. The standard InChI is InChI=1S/C19H29ClN2O3S/c1-2-3-4-5-6-7-14-21-19(23)18-9-8-15-22(18)26(24,25)17-12-10-16(20)11-13-17/h10-13,18H,2-9,14-15H2,1H3,(H,21,23)/t18-/m1/s1. The molecule has 1 N–H and O–H groups in total. The predicted octanol–water partition coefficient (Wildman–Crippen LogP) is 3.97. The second-order valence-electron chi connectivity index (χ2n) is 6.79. The Morgan fingerprint density at radius 2 is 1.81 bits per heavy atom. The van der Waals surface area contributed by atoms with Crippen molar-refractivity contribution in [3.05, 3.63) is 29.3 Å². The number of hydrogen-bond donors (Lipinski definition) is 1. The lowest BCUT2D eigenvalue weighted by Gasteiger charge is -2.23. The molecule has 1 aromatic rings. The van der Waals surface area contributed by atoms with Crippen LogP contribution in [0, 0.1) is 0 Å². The van der Waals surface area contributed by atoms with Gasteiger partial charge in [-0.05, 0) is 43.5 Å². The summed E-state index contributed by atoms with van der Waals surface area (Å²) >= 11 is 5.84. The largest absolute Gasteiger partial charge is 0.355 e. The van der Waals surface area contributed by atoms with Crippen LogP contribution in [0.4, 0.5) is 0 Å².